The first-order valence-corrected chi connectivity index (χ1v) is 8.55. The highest BCUT2D eigenvalue weighted by molar-refractivity contribution is 5.85. The fourth-order valence-electron chi connectivity index (χ4n) is 3.50. The van der Waals surface area contributed by atoms with Crippen molar-refractivity contribution in [3.05, 3.63) is 89.5 Å². The van der Waals surface area contributed by atoms with Crippen LogP contribution in [0.3, 0.4) is 0 Å². The van der Waals surface area contributed by atoms with E-state index in [1.165, 1.54) is 0 Å². The number of rotatable bonds is 3. The van der Waals surface area contributed by atoms with Gasteiger partial charge in [0.15, 0.2) is 0 Å². The molecule has 0 bridgehead atoms. The van der Waals surface area contributed by atoms with E-state index in [-0.39, 0.29) is 11.9 Å². The summed E-state index contributed by atoms with van der Waals surface area (Å²) in [6.45, 7) is 2.58. The van der Waals surface area contributed by atoms with Gasteiger partial charge in [-0.1, -0.05) is 42.5 Å². The first-order valence-electron chi connectivity index (χ1n) is 8.55. The predicted octanol–water partition coefficient (Wildman–Crippen LogP) is 3.45. The monoisotopic (exact) mass is 342 g/mol. The number of amides is 1. The van der Waals surface area contributed by atoms with Gasteiger partial charge in [0.2, 0.25) is 0 Å². The summed E-state index contributed by atoms with van der Waals surface area (Å²) >= 11 is 0. The van der Waals surface area contributed by atoms with Crippen LogP contribution in [0.25, 0.3) is 0 Å². The Labute approximate surface area is 152 Å². The Bertz CT molecular complexity index is 969. The molecule has 0 aliphatic carbocycles. The molecule has 3 aromatic rings. The molecule has 0 radical (unpaired) electrons. The van der Waals surface area contributed by atoms with Crippen LogP contribution in [-0.2, 0) is 11.3 Å². The van der Waals surface area contributed by atoms with Gasteiger partial charge in [-0.15, -0.1) is 0 Å². The second kappa shape index (κ2) is 6.49. The molecule has 26 heavy (non-hydrogen) atoms. The van der Waals surface area contributed by atoms with Crippen molar-refractivity contribution in [3.63, 3.8) is 0 Å². The van der Waals surface area contributed by atoms with Crippen LogP contribution < -0.4 is 0 Å². The molecule has 5 heteroatoms. The SMILES string of the molecule is C[C@@H](c1ccccc1)N1Cc2cncn2[C@@H](c2ccc(C#N)cc2)C1=O. The Morgan fingerprint density at radius 3 is 2.58 bits per heavy atom. The highest BCUT2D eigenvalue weighted by Crippen LogP contribution is 2.33. The summed E-state index contributed by atoms with van der Waals surface area (Å²) < 4.78 is 1.93. The van der Waals surface area contributed by atoms with Crippen LogP contribution in [0.5, 0.6) is 0 Å². The maximum Gasteiger partial charge on any atom is 0.251 e. The maximum absolute atomic E-state index is 13.4. The summed E-state index contributed by atoms with van der Waals surface area (Å²) in [5, 5.41) is 9.02. The van der Waals surface area contributed by atoms with Crippen molar-refractivity contribution in [3.8, 4) is 6.07 Å². The number of aromatic nitrogens is 2. The average molecular weight is 342 g/mol. The lowest BCUT2D eigenvalue weighted by atomic mass is 9.98. The Balaban J connectivity index is 1.74. The number of carbonyl (C=O) groups excluding carboxylic acids is 1. The van der Waals surface area contributed by atoms with Crippen LogP contribution >= 0.6 is 0 Å². The summed E-state index contributed by atoms with van der Waals surface area (Å²) in [4.78, 5) is 19.5. The van der Waals surface area contributed by atoms with E-state index in [0.717, 1.165) is 16.8 Å². The van der Waals surface area contributed by atoms with Gasteiger partial charge >= 0.3 is 0 Å². The predicted molar refractivity (Wildman–Crippen MR) is 96.9 cm³/mol. The minimum Gasteiger partial charge on any atom is -0.328 e. The van der Waals surface area contributed by atoms with E-state index in [9.17, 15) is 4.79 Å². The van der Waals surface area contributed by atoms with E-state index in [1.54, 1.807) is 18.5 Å². The van der Waals surface area contributed by atoms with Crippen LogP contribution in [0.2, 0.25) is 0 Å². The van der Waals surface area contributed by atoms with Gasteiger partial charge < -0.3 is 9.47 Å². The second-order valence-corrected chi connectivity index (χ2v) is 6.48. The molecule has 0 spiro atoms. The Morgan fingerprint density at radius 1 is 1.15 bits per heavy atom. The lowest BCUT2D eigenvalue weighted by molar-refractivity contribution is -0.138. The van der Waals surface area contributed by atoms with E-state index in [0.29, 0.717) is 12.1 Å². The molecule has 5 nitrogen and oxygen atoms in total. The standard InChI is InChI=1S/C21H18N4O/c1-15(17-5-3-2-4-6-17)24-13-19-12-23-14-25(19)20(21(24)26)18-9-7-16(11-22)8-10-18/h2-10,12,14-15,20H,13H2,1H3/t15-,20-/m0/s1. The lowest BCUT2D eigenvalue weighted by Gasteiger charge is -2.38. The summed E-state index contributed by atoms with van der Waals surface area (Å²) in [5.41, 5.74) is 3.55. The average Bonchev–Trinajstić information content (AvgIpc) is 3.16. The van der Waals surface area contributed by atoms with Gasteiger partial charge in [0, 0.05) is 6.20 Å². The van der Waals surface area contributed by atoms with Crippen LogP contribution in [0.15, 0.2) is 67.1 Å². The van der Waals surface area contributed by atoms with Gasteiger partial charge in [-0.25, -0.2) is 4.98 Å². The van der Waals surface area contributed by atoms with E-state index >= 15 is 0 Å². The van der Waals surface area contributed by atoms with Crippen LogP contribution in [-0.4, -0.2) is 20.4 Å². The molecule has 0 saturated carbocycles. The van der Waals surface area contributed by atoms with Crippen molar-refractivity contribution in [2.24, 2.45) is 0 Å². The maximum atomic E-state index is 13.4. The first kappa shape index (κ1) is 16.1. The quantitative estimate of drug-likeness (QED) is 0.732. The van der Waals surface area contributed by atoms with Crippen molar-refractivity contribution in [2.75, 3.05) is 0 Å². The summed E-state index contributed by atoms with van der Waals surface area (Å²) in [5.74, 6) is 0.0385. The van der Waals surface area contributed by atoms with Crippen molar-refractivity contribution >= 4 is 5.91 Å². The number of nitriles is 1. The third kappa shape index (κ3) is 2.66. The number of hydrogen-bond donors (Lipinski definition) is 0. The Morgan fingerprint density at radius 2 is 1.88 bits per heavy atom. The molecule has 128 valence electrons. The normalized spacial score (nSPS) is 17.5. The third-order valence-corrected chi connectivity index (χ3v) is 4.98. The number of imidazole rings is 1. The van der Waals surface area contributed by atoms with Crippen molar-refractivity contribution in [2.45, 2.75) is 25.6 Å². The van der Waals surface area contributed by atoms with Gasteiger partial charge in [-0.2, -0.15) is 5.26 Å². The van der Waals surface area contributed by atoms with Gasteiger partial charge in [-0.05, 0) is 30.2 Å². The zero-order valence-electron chi connectivity index (χ0n) is 14.4. The molecule has 1 amide bonds. The molecule has 2 aromatic carbocycles. The van der Waals surface area contributed by atoms with Crippen molar-refractivity contribution in [1.82, 2.24) is 14.5 Å². The molecule has 1 aliphatic heterocycles. The van der Waals surface area contributed by atoms with E-state index in [1.807, 2.05) is 58.1 Å². The minimum atomic E-state index is -0.458. The Kier molecular flexibility index (Phi) is 4.02. The number of carbonyl (C=O) groups is 1. The molecule has 4 rings (SSSR count). The molecule has 2 heterocycles. The molecule has 0 fully saturated rings. The van der Waals surface area contributed by atoms with Gasteiger partial charge in [0.1, 0.15) is 6.04 Å². The molecular weight excluding hydrogens is 324 g/mol. The zero-order valence-corrected chi connectivity index (χ0v) is 14.4. The molecular formula is C21H18N4O. The Hall–Kier alpha value is -3.39. The second-order valence-electron chi connectivity index (χ2n) is 6.48. The fourth-order valence-corrected chi connectivity index (χ4v) is 3.50. The molecule has 1 aliphatic rings. The van der Waals surface area contributed by atoms with Gasteiger partial charge in [-0.3, -0.25) is 4.79 Å². The number of nitrogens with zero attached hydrogens (tertiary/aromatic N) is 4. The number of hydrogen-bond acceptors (Lipinski definition) is 3. The fraction of sp³-hybridized carbons (Fsp3) is 0.190. The first-order chi connectivity index (χ1) is 12.7. The highest BCUT2D eigenvalue weighted by atomic mass is 16.2. The molecule has 0 N–H and O–H groups in total. The van der Waals surface area contributed by atoms with Crippen LogP contribution in [0.1, 0.15) is 41.4 Å². The van der Waals surface area contributed by atoms with Crippen molar-refractivity contribution in [1.29, 1.82) is 5.26 Å². The van der Waals surface area contributed by atoms with Gasteiger partial charge in [0.25, 0.3) is 5.91 Å². The largest absolute Gasteiger partial charge is 0.328 e. The summed E-state index contributed by atoms with van der Waals surface area (Å²) in [7, 11) is 0. The number of fused-ring (bicyclic) bond motifs is 1. The highest BCUT2D eigenvalue weighted by Gasteiger charge is 2.36. The number of benzene rings is 2. The van der Waals surface area contributed by atoms with Crippen LogP contribution in [0, 0.1) is 11.3 Å². The smallest absolute Gasteiger partial charge is 0.251 e. The zero-order chi connectivity index (χ0) is 18.1. The molecule has 0 saturated heterocycles. The van der Waals surface area contributed by atoms with E-state index in [4.69, 9.17) is 5.26 Å². The minimum absolute atomic E-state index is 0.0340. The topological polar surface area (TPSA) is 61.9 Å². The molecule has 1 aromatic heterocycles. The van der Waals surface area contributed by atoms with Gasteiger partial charge in [0.05, 0.1) is 36.2 Å². The summed E-state index contributed by atoms with van der Waals surface area (Å²) in [6, 6.07) is 18.9. The molecule has 2 atom stereocenters. The van der Waals surface area contributed by atoms with E-state index < -0.39 is 6.04 Å². The molecule has 0 unspecified atom stereocenters. The third-order valence-electron chi connectivity index (χ3n) is 4.98. The van der Waals surface area contributed by atoms with Crippen LogP contribution in [0.4, 0.5) is 0 Å². The summed E-state index contributed by atoms with van der Waals surface area (Å²) in [6.07, 6.45) is 3.52. The lowest BCUT2D eigenvalue weighted by Crippen LogP contribution is -2.43. The van der Waals surface area contributed by atoms with E-state index in [2.05, 4.69) is 18.0 Å². The van der Waals surface area contributed by atoms with Crippen molar-refractivity contribution < 1.29 is 4.79 Å².